The number of carbonyl (C=O) groups is 2. The second kappa shape index (κ2) is 13.5. The van der Waals surface area contributed by atoms with Crippen LogP contribution in [0.1, 0.15) is 25.0 Å². The number of non-ortho nitro benzene ring substituents is 1. The Labute approximate surface area is 220 Å². The molecule has 0 saturated heterocycles. The lowest BCUT2D eigenvalue weighted by molar-refractivity contribution is -0.384. The molecular weight excluding hydrogens is 511 g/mol. The van der Waals surface area contributed by atoms with E-state index in [-0.39, 0.29) is 30.8 Å². The minimum atomic E-state index is -3.91. The van der Waals surface area contributed by atoms with E-state index in [2.05, 4.69) is 5.09 Å². The Hall–Kier alpha value is -4.01. The van der Waals surface area contributed by atoms with Crippen molar-refractivity contribution in [3.8, 4) is 5.75 Å². The molecule has 0 aliphatic rings. The maximum Gasteiger partial charge on any atom is 0.323 e. The van der Waals surface area contributed by atoms with Crippen molar-refractivity contribution in [1.82, 2.24) is 5.09 Å². The third kappa shape index (κ3) is 8.83. The fraction of sp³-hybridized carbons (Fsp3) is 0.259. The summed E-state index contributed by atoms with van der Waals surface area (Å²) >= 11 is 0. The molecule has 0 aliphatic carbocycles. The molecule has 10 nitrogen and oxygen atoms in total. The standard InChI is InChI=1S/C27H29N2O8P/c1-20(26(30)35-17-22-9-5-3-6-10-22)19-38(34,37-25-15-13-24(14-16-25)29(32)33)28-21(2)27(31)36-18-23-11-7-4-8-12-23/h3-16,20-21H,17-19H2,1-2H3,(H,28,34)/t20-,21+,38?/m1/s1. The van der Waals surface area contributed by atoms with Crippen LogP contribution in [0.2, 0.25) is 0 Å². The molecule has 0 saturated carbocycles. The summed E-state index contributed by atoms with van der Waals surface area (Å²) in [6, 6.07) is 22.1. The van der Waals surface area contributed by atoms with Gasteiger partial charge in [-0.3, -0.25) is 24.3 Å². The summed E-state index contributed by atoms with van der Waals surface area (Å²) in [7, 11) is -3.91. The molecule has 3 rings (SSSR count). The summed E-state index contributed by atoms with van der Waals surface area (Å²) in [6.45, 7) is 3.09. The quantitative estimate of drug-likeness (QED) is 0.133. The van der Waals surface area contributed by atoms with Crippen LogP contribution in [0.3, 0.4) is 0 Å². The number of nitro groups is 1. The van der Waals surface area contributed by atoms with Crippen LogP contribution in [0.4, 0.5) is 5.69 Å². The SMILES string of the molecule is C[C@H](CP(=O)(N[C@@H](C)C(=O)OCc1ccccc1)Oc1ccc([N+](=O)[O-])cc1)C(=O)OCc1ccccc1. The normalized spacial score (nSPS) is 13.9. The number of carbonyl (C=O) groups excluding carboxylic acids is 2. The third-order valence-corrected chi connectivity index (χ3v) is 7.72. The number of esters is 2. The van der Waals surface area contributed by atoms with Crippen molar-refractivity contribution in [2.45, 2.75) is 33.1 Å². The van der Waals surface area contributed by atoms with Gasteiger partial charge in [0.25, 0.3) is 5.69 Å². The van der Waals surface area contributed by atoms with E-state index in [9.17, 15) is 24.3 Å². The molecule has 0 aliphatic heterocycles. The van der Waals surface area contributed by atoms with Crippen LogP contribution in [-0.2, 0) is 36.8 Å². The lowest BCUT2D eigenvalue weighted by Crippen LogP contribution is -2.36. The van der Waals surface area contributed by atoms with E-state index in [0.717, 1.165) is 11.1 Å². The number of ether oxygens (including phenoxy) is 2. The minimum Gasteiger partial charge on any atom is -0.461 e. The highest BCUT2D eigenvalue weighted by Crippen LogP contribution is 2.46. The molecule has 200 valence electrons. The topological polar surface area (TPSA) is 134 Å². The molecule has 3 atom stereocenters. The van der Waals surface area contributed by atoms with Crippen LogP contribution in [0.5, 0.6) is 5.75 Å². The van der Waals surface area contributed by atoms with Crippen LogP contribution >= 0.6 is 7.52 Å². The molecule has 1 N–H and O–H groups in total. The summed E-state index contributed by atoms with van der Waals surface area (Å²) < 4.78 is 30.3. The molecule has 38 heavy (non-hydrogen) atoms. The second-order valence-corrected chi connectivity index (χ2v) is 10.8. The zero-order valence-corrected chi connectivity index (χ0v) is 21.9. The predicted molar refractivity (Wildman–Crippen MR) is 140 cm³/mol. The first-order valence-corrected chi connectivity index (χ1v) is 13.7. The summed E-state index contributed by atoms with van der Waals surface area (Å²) in [5.41, 5.74) is 1.41. The van der Waals surface area contributed by atoms with Gasteiger partial charge in [0.15, 0.2) is 0 Å². The van der Waals surface area contributed by atoms with Crippen molar-refractivity contribution in [3.05, 3.63) is 106 Å². The highest BCUT2D eigenvalue weighted by molar-refractivity contribution is 7.57. The van der Waals surface area contributed by atoms with Crippen molar-refractivity contribution in [1.29, 1.82) is 0 Å². The Morgan fingerprint density at radius 3 is 1.84 bits per heavy atom. The minimum absolute atomic E-state index is 0.0292. The number of hydrogen-bond acceptors (Lipinski definition) is 8. The van der Waals surface area contributed by atoms with Gasteiger partial charge in [-0.1, -0.05) is 67.6 Å². The summed E-state index contributed by atoms with van der Waals surface area (Å²) in [5.74, 6) is -2.05. The van der Waals surface area contributed by atoms with Gasteiger partial charge in [-0.15, -0.1) is 0 Å². The average molecular weight is 541 g/mol. The zero-order valence-electron chi connectivity index (χ0n) is 21.0. The molecule has 11 heteroatoms. The molecule has 0 bridgehead atoms. The molecule has 1 unspecified atom stereocenters. The van der Waals surface area contributed by atoms with Crippen LogP contribution < -0.4 is 9.61 Å². The Morgan fingerprint density at radius 1 is 0.842 bits per heavy atom. The molecule has 0 spiro atoms. The van der Waals surface area contributed by atoms with E-state index in [4.69, 9.17) is 14.0 Å². The van der Waals surface area contributed by atoms with Gasteiger partial charge in [0.1, 0.15) is 25.0 Å². The monoisotopic (exact) mass is 540 g/mol. The van der Waals surface area contributed by atoms with Gasteiger partial charge in [0, 0.05) is 12.1 Å². The molecule has 3 aromatic carbocycles. The molecular formula is C27H29N2O8P. The van der Waals surface area contributed by atoms with E-state index >= 15 is 0 Å². The maximum absolute atomic E-state index is 13.9. The van der Waals surface area contributed by atoms with Gasteiger partial charge >= 0.3 is 19.5 Å². The largest absolute Gasteiger partial charge is 0.461 e. The Balaban J connectivity index is 1.70. The molecule has 0 heterocycles. The second-order valence-electron chi connectivity index (χ2n) is 8.64. The fourth-order valence-electron chi connectivity index (χ4n) is 3.42. The van der Waals surface area contributed by atoms with Gasteiger partial charge in [-0.2, -0.15) is 0 Å². The number of rotatable bonds is 13. The highest BCUT2D eigenvalue weighted by Gasteiger charge is 2.35. The number of nitrogens with zero attached hydrogens (tertiary/aromatic N) is 1. The summed E-state index contributed by atoms with van der Waals surface area (Å²) in [6.07, 6.45) is -0.298. The lowest BCUT2D eigenvalue weighted by Gasteiger charge is -2.25. The van der Waals surface area contributed by atoms with Crippen molar-refractivity contribution in [2.24, 2.45) is 5.92 Å². The smallest absolute Gasteiger partial charge is 0.323 e. The van der Waals surface area contributed by atoms with Crippen molar-refractivity contribution in [3.63, 3.8) is 0 Å². The average Bonchev–Trinajstić information content (AvgIpc) is 2.91. The molecule has 0 radical (unpaired) electrons. The van der Waals surface area contributed by atoms with E-state index in [1.807, 2.05) is 48.5 Å². The van der Waals surface area contributed by atoms with Gasteiger partial charge in [-0.25, -0.2) is 5.09 Å². The Bertz CT molecular complexity index is 1200. The molecule has 0 aromatic heterocycles. The van der Waals surface area contributed by atoms with E-state index in [1.54, 1.807) is 19.1 Å². The highest BCUT2D eigenvalue weighted by atomic mass is 31.2. The van der Waals surface area contributed by atoms with Crippen LogP contribution in [0, 0.1) is 16.0 Å². The van der Waals surface area contributed by atoms with Crippen molar-refractivity contribution >= 4 is 25.1 Å². The number of nitro benzene ring substituents is 1. The van der Waals surface area contributed by atoms with Gasteiger partial charge in [0.2, 0.25) is 0 Å². The summed E-state index contributed by atoms with van der Waals surface area (Å²) in [5, 5.41) is 13.7. The van der Waals surface area contributed by atoms with Crippen molar-refractivity contribution < 1.29 is 33.1 Å². The van der Waals surface area contributed by atoms with Gasteiger partial charge < -0.3 is 14.0 Å². The van der Waals surface area contributed by atoms with Gasteiger partial charge in [-0.05, 0) is 30.2 Å². The zero-order chi connectivity index (χ0) is 27.5. The third-order valence-electron chi connectivity index (χ3n) is 5.41. The first-order valence-electron chi connectivity index (χ1n) is 11.9. The molecule has 3 aromatic rings. The van der Waals surface area contributed by atoms with E-state index < -0.39 is 36.3 Å². The van der Waals surface area contributed by atoms with Crippen LogP contribution in [-0.4, -0.2) is 29.1 Å². The first kappa shape index (κ1) is 28.6. The fourth-order valence-corrected chi connectivity index (χ4v) is 5.68. The lowest BCUT2D eigenvalue weighted by atomic mass is 10.2. The maximum atomic E-state index is 13.9. The van der Waals surface area contributed by atoms with Crippen LogP contribution in [0.25, 0.3) is 0 Å². The molecule has 0 fully saturated rings. The van der Waals surface area contributed by atoms with E-state index in [1.165, 1.54) is 31.2 Å². The predicted octanol–water partition coefficient (Wildman–Crippen LogP) is 5.27. The number of nitrogens with one attached hydrogen (secondary N) is 1. The summed E-state index contributed by atoms with van der Waals surface area (Å²) in [4.78, 5) is 35.7. The molecule has 0 amide bonds. The number of hydrogen-bond donors (Lipinski definition) is 1. The van der Waals surface area contributed by atoms with Crippen LogP contribution in [0.15, 0.2) is 84.9 Å². The number of benzene rings is 3. The Kier molecular flexibility index (Phi) is 10.2. The first-order chi connectivity index (χ1) is 18.1. The van der Waals surface area contributed by atoms with Crippen molar-refractivity contribution in [2.75, 3.05) is 6.16 Å². The van der Waals surface area contributed by atoms with E-state index in [0.29, 0.717) is 0 Å². The van der Waals surface area contributed by atoms with Gasteiger partial charge in [0.05, 0.1) is 17.0 Å². The Morgan fingerprint density at radius 2 is 1.34 bits per heavy atom.